The minimum absolute atomic E-state index is 0.184. The van der Waals surface area contributed by atoms with Gasteiger partial charge in [-0.25, -0.2) is 4.79 Å². The zero-order chi connectivity index (χ0) is 13.3. The Morgan fingerprint density at radius 1 is 1.61 bits per heavy atom. The van der Waals surface area contributed by atoms with E-state index in [4.69, 9.17) is 15.6 Å². The number of carboxylic acid groups (broad SMARTS) is 1. The highest BCUT2D eigenvalue weighted by Crippen LogP contribution is 2.28. The van der Waals surface area contributed by atoms with Gasteiger partial charge in [-0.1, -0.05) is 0 Å². The largest absolute Gasteiger partial charge is 0.480 e. The maximum Gasteiger partial charge on any atom is 0.326 e. The number of nitrogens with zero attached hydrogens (tertiary/aromatic N) is 2. The van der Waals surface area contributed by atoms with Gasteiger partial charge in [0.05, 0.1) is 18.9 Å². The summed E-state index contributed by atoms with van der Waals surface area (Å²) in [4.78, 5) is 16.8. The molecule has 0 radical (unpaired) electrons. The number of carboxylic acids is 1. The van der Waals surface area contributed by atoms with Crippen molar-refractivity contribution in [2.45, 2.75) is 18.6 Å². The van der Waals surface area contributed by atoms with Crippen molar-refractivity contribution in [3.05, 3.63) is 12.1 Å². The Labute approximate surface area is 104 Å². The molecule has 1 aromatic rings. The molecule has 0 aromatic carbocycles. The molecule has 0 saturated carbocycles. The van der Waals surface area contributed by atoms with Crippen LogP contribution < -0.4 is 15.4 Å². The molecule has 7 nitrogen and oxygen atoms in total. The first kappa shape index (κ1) is 12.4. The minimum atomic E-state index is -0.982. The van der Waals surface area contributed by atoms with Crippen molar-refractivity contribution < 1.29 is 19.7 Å². The molecule has 0 bridgehead atoms. The second kappa shape index (κ2) is 4.69. The van der Waals surface area contributed by atoms with Gasteiger partial charge in [0, 0.05) is 13.0 Å². The van der Waals surface area contributed by atoms with E-state index in [9.17, 15) is 9.90 Å². The van der Waals surface area contributed by atoms with Gasteiger partial charge in [0.25, 0.3) is 0 Å². The van der Waals surface area contributed by atoms with E-state index in [0.29, 0.717) is 11.5 Å². The lowest BCUT2D eigenvalue weighted by atomic mass is 10.2. The number of carbonyl (C=O) groups is 1. The van der Waals surface area contributed by atoms with Gasteiger partial charge < -0.3 is 25.6 Å². The zero-order valence-corrected chi connectivity index (χ0v) is 9.91. The number of rotatable bonds is 3. The van der Waals surface area contributed by atoms with E-state index < -0.39 is 18.1 Å². The molecule has 1 aliphatic heterocycles. The summed E-state index contributed by atoms with van der Waals surface area (Å²) in [7, 11) is 1.44. The lowest BCUT2D eigenvalue weighted by molar-refractivity contribution is -0.138. The first-order chi connectivity index (χ1) is 8.52. The third kappa shape index (κ3) is 2.17. The molecular weight excluding hydrogens is 238 g/mol. The van der Waals surface area contributed by atoms with Crippen LogP contribution in [0.15, 0.2) is 12.1 Å². The van der Waals surface area contributed by atoms with Crippen LogP contribution >= 0.6 is 0 Å². The van der Waals surface area contributed by atoms with Crippen molar-refractivity contribution in [1.29, 1.82) is 0 Å². The van der Waals surface area contributed by atoms with E-state index in [1.807, 2.05) is 0 Å². The predicted molar refractivity (Wildman–Crippen MR) is 64.6 cm³/mol. The van der Waals surface area contributed by atoms with E-state index in [-0.39, 0.29) is 18.8 Å². The van der Waals surface area contributed by atoms with Gasteiger partial charge in [-0.3, -0.25) is 0 Å². The van der Waals surface area contributed by atoms with Crippen molar-refractivity contribution in [2.24, 2.45) is 0 Å². The normalized spacial score (nSPS) is 23.1. The molecule has 1 aromatic heterocycles. The molecule has 0 amide bonds. The number of aliphatic hydroxyl groups excluding tert-OH is 1. The summed E-state index contributed by atoms with van der Waals surface area (Å²) in [5, 5.41) is 18.7. The number of β-amino-alcohol motifs (C(OH)–C–C–N with tert-alkyl or cyclic N) is 1. The number of anilines is 2. The topological polar surface area (TPSA) is 109 Å². The molecule has 98 valence electrons. The summed E-state index contributed by atoms with van der Waals surface area (Å²) in [5.74, 6) is -0.299. The smallest absolute Gasteiger partial charge is 0.326 e. The van der Waals surface area contributed by atoms with Crippen LogP contribution in [-0.2, 0) is 4.79 Å². The van der Waals surface area contributed by atoms with Crippen LogP contribution in [0.3, 0.4) is 0 Å². The first-order valence-corrected chi connectivity index (χ1v) is 5.51. The molecule has 1 fully saturated rings. The Hall–Kier alpha value is -2.02. The third-order valence-corrected chi connectivity index (χ3v) is 2.93. The molecule has 2 rings (SSSR count). The summed E-state index contributed by atoms with van der Waals surface area (Å²) >= 11 is 0. The number of nitrogen functional groups attached to an aromatic ring is 1. The van der Waals surface area contributed by atoms with Crippen LogP contribution in [0.1, 0.15) is 6.42 Å². The standard InChI is InChI=1S/C11H15N3O4/c1-18-10-7(12)2-3-9(13-10)14-5-6(15)4-8(14)11(16)17/h2-3,6,8,15H,4-5,12H2,1H3,(H,16,17). The molecular formula is C11H15N3O4. The molecule has 0 spiro atoms. The van der Waals surface area contributed by atoms with Crippen LogP contribution in [-0.4, -0.2) is 47.0 Å². The summed E-state index contributed by atoms with van der Waals surface area (Å²) in [6.07, 6.45) is -0.486. The number of hydrogen-bond donors (Lipinski definition) is 3. The zero-order valence-electron chi connectivity index (χ0n) is 9.91. The Bertz CT molecular complexity index is 466. The fourth-order valence-electron chi connectivity index (χ4n) is 2.07. The Morgan fingerprint density at radius 2 is 2.33 bits per heavy atom. The van der Waals surface area contributed by atoms with Crippen LogP contribution in [0.5, 0.6) is 5.88 Å². The van der Waals surface area contributed by atoms with E-state index in [1.165, 1.54) is 12.0 Å². The molecule has 4 N–H and O–H groups in total. The highest BCUT2D eigenvalue weighted by molar-refractivity contribution is 5.79. The number of ether oxygens (including phenoxy) is 1. The van der Waals surface area contributed by atoms with E-state index in [2.05, 4.69) is 4.98 Å². The van der Waals surface area contributed by atoms with Crippen LogP contribution in [0.25, 0.3) is 0 Å². The molecule has 1 aliphatic rings. The van der Waals surface area contributed by atoms with E-state index in [0.717, 1.165) is 0 Å². The number of pyridine rings is 1. The summed E-state index contributed by atoms with van der Waals surface area (Å²) < 4.78 is 5.00. The van der Waals surface area contributed by atoms with Crippen LogP contribution in [0.4, 0.5) is 11.5 Å². The van der Waals surface area contributed by atoms with Gasteiger partial charge in [-0.2, -0.15) is 4.98 Å². The van der Waals surface area contributed by atoms with Crippen molar-refractivity contribution in [2.75, 3.05) is 24.3 Å². The second-order valence-corrected chi connectivity index (χ2v) is 4.16. The predicted octanol–water partition coefficient (Wildman–Crippen LogP) is -0.303. The number of aliphatic hydroxyl groups is 1. The Kier molecular flexibility index (Phi) is 3.24. The van der Waals surface area contributed by atoms with Gasteiger partial charge in [0.1, 0.15) is 11.9 Å². The van der Waals surface area contributed by atoms with Crippen molar-refractivity contribution in [3.63, 3.8) is 0 Å². The maximum atomic E-state index is 11.1. The fraction of sp³-hybridized carbons (Fsp3) is 0.455. The number of nitrogens with two attached hydrogens (primary N) is 1. The molecule has 1 saturated heterocycles. The number of hydrogen-bond acceptors (Lipinski definition) is 6. The van der Waals surface area contributed by atoms with Crippen LogP contribution in [0, 0.1) is 0 Å². The van der Waals surface area contributed by atoms with Gasteiger partial charge in [0.15, 0.2) is 0 Å². The quantitative estimate of drug-likeness (QED) is 0.678. The third-order valence-electron chi connectivity index (χ3n) is 2.93. The van der Waals surface area contributed by atoms with Gasteiger partial charge in [-0.05, 0) is 12.1 Å². The molecule has 2 unspecified atom stereocenters. The SMILES string of the molecule is COc1nc(N2CC(O)CC2C(=O)O)ccc1N. The molecule has 2 heterocycles. The lowest BCUT2D eigenvalue weighted by Crippen LogP contribution is -2.36. The number of aromatic nitrogens is 1. The summed E-state index contributed by atoms with van der Waals surface area (Å²) in [6.45, 7) is 0.233. The fourth-order valence-corrected chi connectivity index (χ4v) is 2.07. The average Bonchev–Trinajstić information content (AvgIpc) is 2.72. The van der Waals surface area contributed by atoms with Gasteiger partial charge >= 0.3 is 5.97 Å². The lowest BCUT2D eigenvalue weighted by Gasteiger charge is -2.22. The summed E-state index contributed by atoms with van der Waals surface area (Å²) in [6, 6.07) is 2.44. The number of methoxy groups -OCH3 is 1. The second-order valence-electron chi connectivity index (χ2n) is 4.16. The highest BCUT2D eigenvalue weighted by atomic mass is 16.5. The summed E-state index contributed by atoms with van der Waals surface area (Å²) in [5.41, 5.74) is 6.03. The van der Waals surface area contributed by atoms with Crippen molar-refractivity contribution in [3.8, 4) is 5.88 Å². The maximum absolute atomic E-state index is 11.1. The van der Waals surface area contributed by atoms with Crippen molar-refractivity contribution in [1.82, 2.24) is 4.98 Å². The Balaban J connectivity index is 2.32. The van der Waals surface area contributed by atoms with Crippen molar-refractivity contribution >= 4 is 17.5 Å². The average molecular weight is 253 g/mol. The van der Waals surface area contributed by atoms with Crippen LogP contribution in [0.2, 0.25) is 0 Å². The minimum Gasteiger partial charge on any atom is -0.480 e. The first-order valence-electron chi connectivity index (χ1n) is 5.51. The molecule has 7 heteroatoms. The van der Waals surface area contributed by atoms with Gasteiger partial charge in [-0.15, -0.1) is 0 Å². The molecule has 18 heavy (non-hydrogen) atoms. The van der Waals surface area contributed by atoms with E-state index in [1.54, 1.807) is 12.1 Å². The molecule has 2 atom stereocenters. The monoisotopic (exact) mass is 253 g/mol. The number of aliphatic carboxylic acids is 1. The Morgan fingerprint density at radius 3 is 2.94 bits per heavy atom. The molecule has 0 aliphatic carbocycles. The van der Waals surface area contributed by atoms with E-state index >= 15 is 0 Å². The highest BCUT2D eigenvalue weighted by Gasteiger charge is 2.36. The van der Waals surface area contributed by atoms with Gasteiger partial charge in [0.2, 0.25) is 5.88 Å².